The first kappa shape index (κ1) is 14.0. The minimum absolute atomic E-state index is 0.0459. The van der Waals surface area contributed by atoms with Crippen LogP contribution in [0.5, 0.6) is 0 Å². The van der Waals surface area contributed by atoms with E-state index in [0.717, 1.165) is 12.1 Å². The molecule has 18 heavy (non-hydrogen) atoms. The number of carbonyl (C=O) groups is 2. The molecule has 0 bridgehead atoms. The molecular formula is C12H15FN2O3. The largest absolute Gasteiger partial charge is 0.452 e. The van der Waals surface area contributed by atoms with Crippen LogP contribution in [0.1, 0.15) is 24.2 Å². The Morgan fingerprint density at radius 1 is 1.44 bits per heavy atom. The number of rotatable bonds is 4. The van der Waals surface area contributed by atoms with Crippen molar-refractivity contribution >= 4 is 17.6 Å². The predicted molar refractivity (Wildman–Crippen MR) is 64.4 cm³/mol. The smallest absolute Gasteiger partial charge is 0.340 e. The van der Waals surface area contributed by atoms with Gasteiger partial charge >= 0.3 is 5.97 Å². The Hall–Kier alpha value is -2.11. The van der Waals surface area contributed by atoms with Crippen molar-refractivity contribution in [3.05, 3.63) is 29.6 Å². The topological polar surface area (TPSA) is 81.4 Å². The lowest BCUT2D eigenvalue weighted by molar-refractivity contribution is -0.124. The normalized spacial score (nSPS) is 10.2. The third-order valence-electron chi connectivity index (χ3n) is 2.02. The molecule has 5 nitrogen and oxygen atoms in total. The third kappa shape index (κ3) is 4.04. The van der Waals surface area contributed by atoms with Gasteiger partial charge in [-0.25, -0.2) is 9.18 Å². The zero-order valence-corrected chi connectivity index (χ0v) is 10.2. The molecule has 1 rings (SSSR count). The summed E-state index contributed by atoms with van der Waals surface area (Å²) < 4.78 is 17.7. The van der Waals surface area contributed by atoms with Gasteiger partial charge in [-0.15, -0.1) is 0 Å². The number of halogens is 1. The fourth-order valence-electron chi connectivity index (χ4n) is 1.28. The Morgan fingerprint density at radius 3 is 2.72 bits per heavy atom. The van der Waals surface area contributed by atoms with Crippen molar-refractivity contribution < 1.29 is 18.7 Å². The molecule has 0 aliphatic carbocycles. The highest BCUT2D eigenvalue weighted by molar-refractivity contribution is 5.96. The Bertz CT molecular complexity index is 461. The molecule has 1 amide bonds. The Labute approximate surface area is 104 Å². The summed E-state index contributed by atoms with van der Waals surface area (Å²) in [7, 11) is 0. The van der Waals surface area contributed by atoms with Crippen LogP contribution >= 0.6 is 0 Å². The quantitative estimate of drug-likeness (QED) is 0.622. The summed E-state index contributed by atoms with van der Waals surface area (Å²) in [5.41, 5.74) is 5.52. The number of esters is 1. The van der Waals surface area contributed by atoms with Gasteiger partial charge in [0.15, 0.2) is 6.61 Å². The SMILES string of the molecule is CC(C)NC(=O)COC(=O)c1cc(F)ccc1N. The van der Waals surface area contributed by atoms with Crippen LogP contribution in [0.15, 0.2) is 18.2 Å². The maximum Gasteiger partial charge on any atom is 0.340 e. The van der Waals surface area contributed by atoms with Crippen LogP contribution in [0.25, 0.3) is 0 Å². The van der Waals surface area contributed by atoms with Gasteiger partial charge in [0, 0.05) is 11.7 Å². The molecule has 3 N–H and O–H groups in total. The highest BCUT2D eigenvalue weighted by Crippen LogP contribution is 2.14. The van der Waals surface area contributed by atoms with E-state index in [1.165, 1.54) is 6.07 Å². The minimum Gasteiger partial charge on any atom is -0.452 e. The molecule has 6 heteroatoms. The first-order valence-corrected chi connectivity index (χ1v) is 5.41. The van der Waals surface area contributed by atoms with Crippen LogP contribution in [-0.4, -0.2) is 24.5 Å². The van der Waals surface area contributed by atoms with E-state index in [0.29, 0.717) is 0 Å². The van der Waals surface area contributed by atoms with Crippen molar-refractivity contribution in [3.8, 4) is 0 Å². The predicted octanol–water partition coefficient (Wildman–Crippen LogP) is 1.09. The molecular weight excluding hydrogens is 239 g/mol. The van der Waals surface area contributed by atoms with Crippen LogP contribution in [0.2, 0.25) is 0 Å². The van der Waals surface area contributed by atoms with E-state index >= 15 is 0 Å². The summed E-state index contributed by atoms with van der Waals surface area (Å²) in [5.74, 6) is -1.85. The average Bonchev–Trinajstić information content (AvgIpc) is 2.28. The van der Waals surface area contributed by atoms with Crippen molar-refractivity contribution in [2.24, 2.45) is 0 Å². The molecule has 0 saturated carbocycles. The molecule has 0 radical (unpaired) electrons. The van der Waals surface area contributed by atoms with Gasteiger partial charge in [0.05, 0.1) is 5.56 Å². The lowest BCUT2D eigenvalue weighted by Crippen LogP contribution is -2.34. The number of nitrogens with two attached hydrogens (primary N) is 1. The molecule has 1 aromatic carbocycles. The van der Waals surface area contributed by atoms with Gasteiger partial charge in [-0.2, -0.15) is 0 Å². The maximum absolute atomic E-state index is 12.9. The van der Waals surface area contributed by atoms with Crippen molar-refractivity contribution in [2.45, 2.75) is 19.9 Å². The van der Waals surface area contributed by atoms with E-state index in [4.69, 9.17) is 10.5 Å². The van der Waals surface area contributed by atoms with Crippen molar-refractivity contribution in [2.75, 3.05) is 12.3 Å². The highest BCUT2D eigenvalue weighted by atomic mass is 19.1. The molecule has 0 atom stereocenters. The summed E-state index contributed by atoms with van der Waals surface area (Å²) in [4.78, 5) is 22.8. The van der Waals surface area contributed by atoms with Gasteiger partial charge < -0.3 is 15.8 Å². The zero-order chi connectivity index (χ0) is 13.7. The molecule has 98 valence electrons. The molecule has 0 unspecified atom stereocenters. The Balaban J connectivity index is 2.60. The second-order valence-electron chi connectivity index (χ2n) is 4.03. The number of carbonyl (C=O) groups excluding carboxylic acids is 2. The molecule has 0 heterocycles. The number of hydrogen-bond donors (Lipinski definition) is 2. The van der Waals surface area contributed by atoms with E-state index in [1.54, 1.807) is 13.8 Å². The van der Waals surface area contributed by atoms with Gasteiger partial charge in [0.1, 0.15) is 5.82 Å². The standard InChI is InChI=1S/C12H15FN2O3/c1-7(2)15-11(16)6-18-12(17)9-5-8(13)3-4-10(9)14/h3-5,7H,6,14H2,1-2H3,(H,15,16). The van der Waals surface area contributed by atoms with Crippen molar-refractivity contribution in [3.63, 3.8) is 0 Å². The number of nitrogen functional groups attached to an aromatic ring is 1. The second-order valence-corrected chi connectivity index (χ2v) is 4.03. The number of amides is 1. The summed E-state index contributed by atoms with van der Waals surface area (Å²) >= 11 is 0. The van der Waals surface area contributed by atoms with Gasteiger partial charge in [0.25, 0.3) is 5.91 Å². The fraction of sp³-hybridized carbons (Fsp3) is 0.333. The number of anilines is 1. The minimum atomic E-state index is -0.828. The molecule has 1 aromatic rings. The number of benzene rings is 1. The average molecular weight is 254 g/mol. The third-order valence-corrected chi connectivity index (χ3v) is 2.02. The van der Waals surface area contributed by atoms with Crippen LogP contribution < -0.4 is 11.1 Å². The van der Waals surface area contributed by atoms with Crippen LogP contribution in [0.4, 0.5) is 10.1 Å². The van der Waals surface area contributed by atoms with Crippen LogP contribution in [-0.2, 0) is 9.53 Å². The summed E-state index contributed by atoms with van der Waals surface area (Å²) in [6, 6.07) is 3.32. The van der Waals surface area contributed by atoms with E-state index < -0.39 is 24.3 Å². The second kappa shape index (κ2) is 6.00. The highest BCUT2D eigenvalue weighted by Gasteiger charge is 2.14. The maximum atomic E-state index is 12.9. The summed E-state index contributed by atoms with van der Waals surface area (Å²) in [6.45, 7) is 3.14. The number of hydrogen-bond acceptors (Lipinski definition) is 4. The summed E-state index contributed by atoms with van der Waals surface area (Å²) in [5, 5.41) is 2.55. The van der Waals surface area contributed by atoms with Crippen LogP contribution in [0.3, 0.4) is 0 Å². The van der Waals surface area contributed by atoms with E-state index in [1.807, 2.05) is 0 Å². The van der Waals surface area contributed by atoms with E-state index in [2.05, 4.69) is 5.32 Å². The van der Waals surface area contributed by atoms with Gasteiger partial charge in [0.2, 0.25) is 0 Å². The lowest BCUT2D eigenvalue weighted by atomic mass is 10.2. The zero-order valence-electron chi connectivity index (χ0n) is 10.2. The molecule has 0 aromatic heterocycles. The number of ether oxygens (including phenoxy) is 1. The molecule has 0 aliphatic heterocycles. The van der Waals surface area contributed by atoms with Crippen molar-refractivity contribution in [1.82, 2.24) is 5.32 Å². The first-order valence-electron chi connectivity index (χ1n) is 5.41. The fourth-order valence-corrected chi connectivity index (χ4v) is 1.28. The van der Waals surface area contributed by atoms with Gasteiger partial charge in [-0.1, -0.05) is 0 Å². The molecule has 0 spiro atoms. The Kier molecular flexibility index (Phi) is 4.65. The van der Waals surface area contributed by atoms with Gasteiger partial charge in [-0.3, -0.25) is 4.79 Å². The van der Waals surface area contributed by atoms with Crippen LogP contribution in [0, 0.1) is 5.82 Å². The van der Waals surface area contributed by atoms with E-state index in [-0.39, 0.29) is 17.3 Å². The Morgan fingerprint density at radius 2 is 2.11 bits per heavy atom. The first-order chi connectivity index (χ1) is 8.40. The van der Waals surface area contributed by atoms with Gasteiger partial charge in [-0.05, 0) is 32.0 Å². The monoisotopic (exact) mass is 254 g/mol. The van der Waals surface area contributed by atoms with E-state index in [9.17, 15) is 14.0 Å². The molecule has 0 aliphatic rings. The van der Waals surface area contributed by atoms with Crippen molar-refractivity contribution in [1.29, 1.82) is 0 Å². The lowest BCUT2D eigenvalue weighted by Gasteiger charge is -2.09. The number of nitrogens with one attached hydrogen (secondary N) is 1. The molecule has 0 fully saturated rings. The molecule has 0 saturated heterocycles. The summed E-state index contributed by atoms with van der Waals surface area (Å²) in [6.07, 6.45) is 0.